The minimum absolute atomic E-state index is 0.364. The first-order chi connectivity index (χ1) is 9.70. The van der Waals surface area contributed by atoms with E-state index in [1.54, 1.807) is 0 Å². The first-order valence-electron chi connectivity index (χ1n) is 8.21. The predicted octanol–water partition coefficient (Wildman–Crippen LogP) is 3.20. The van der Waals surface area contributed by atoms with Crippen molar-refractivity contribution in [3.8, 4) is 0 Å². The van der Waals surface area contributed by atoms with Crippen LogP contribution in [0.1, 0.15) is 70.5 Å². The summed E-state index contributed by atoms with van der Waals surface area (Å²) in [7, 11) is 0. The van der Waals surface area contributed by atoms with Crippen LogP contribution in [0.5, 0.6) is 0 Å². The summed E-state index contributed by atoms with van der Waals surface area (Å²) in [5, 5.41) is 4.66. The summed E-state index contributed by atoms with van der Waals surface area (Å²) < 4.78 is 2.03. The van der Waals surface area contributed by atoms with Gasteiger partial charge in [-0.2, -0.15) is 5.10 Å². The summed E-state index contributed by atoms with van der Waals surface area (Å²) in [4.78, 5) is 0. The number of aromatic nitrogens is 2. The van der Waals surface area contributed by atoms with Crippen molar-refractivity contribution in [1.82, 2.24) is 15.2 Å². The minimum atomic E-state index is 0.364. The Balaban J connectivity index is 1.95. The van der Waals surface area contributed by atoms with Crippen molar-refractivity contribution in [2.45, 2.75) is 77.3 Å². The fraction of sp³-hybridized carbons (Fsp3) is 0.812. The highest BCUT2D eigenvalue weighted by Gasteiger charge is 2.22. The Morgan fingerprint density at radius 3 is 2.45 bits per heavy atom. The van der Waals surface area contributed by atoms with Gasteiger partial charge in [-0.05, 0) is 38.7 Å². The molecule has 0 bridgehead atoms. The first kappa shape index (κ1) is 15.5. The van der Waals surface area contributed by atoms with Gasteiger partial charge in [0.15, 0.2) is 0 Å². The van der Waals surface area contributed by atoms with Crippen LogP contribution in [0.3, 0.4) is 0 Å². The second kappa shape index (κ2) is 7.79. The van der Waals surface area contributed by atoms with Crippen LogP contribution in [0.2, 0.25) is 0 Å². The zero-order valence-electron chi connectivity index (χ0n) is 13.0. The molecule has 1 aromatic rings. The van der Waals surface area contributed by atoms with Crippen LogP contribution in [0.15, 0.2) is 12.3 Å². The average Bonchev–Trinajstić information content (AvgIpc) is 2.85. The van der Waals surface area contributed by atoms with E-state index in [4.69, 9.17) is 5.84 Å². The molecule has 1 aliphatic rings. The maximum Gasteiger partial charge on any atom is 0.0640 e. The summed E-state index contributed by atoms with van der Waals surface area (Å²) in [6, 6.07) is 2.92. The van der Waals surface area contributed by atoms with Gasteiger partial charge in [0, 0.05) is 24.7 Å². The Labute approximate surface area is 123 Å². The Kier molecular flexibility index (Phi) is 6.05. The quantitative estimate of drug-likeness (QED) is 0.642. The van der Waals surface area contributed by atoms with E-state index in [-0.39, 0.29) is 0 Å². The average molecular weight is 278 g/mol. The summed E-state index contributed by atoms with van der Waals surface area (Å²) in [6.45, 7) is 4.31. The summed E-state index contributed by atoms with van der Waals surface area (Å²) >= 11 is 0. The molecule has 4 heteroatoms. The van der Waals surface area contributed by atoms with Crippen LogP contribution in [0.4, 0.5) is 0 Å². The number of nitrogens with one attached hydrogen (secondary N) is 1. The van der Waals surface area contributed by atoms with Crippen LogP contribution in [-0.4, -0.2) is 15.8 Å². The van der Waals surface area contributed by atoms with Gasteiger partial charge in [0.1, 0.15) is 0 Å². The molecule has 0 aromatic carbocycles. The fourth-order valence-electron chi connectivity index (χ4n) is 3.25. The van der Waals surface area contributed by atoms with Gasteiger partial charge in [-0.25, -0.2) is 0 Å². The van der Waals surface area contributed by atoms with E-state index >= 15 is 0 Å². The molecule has 0 amide bonds. The van der Waals surface area contributed by atoms with Gasteiger partial charge in [0.2, 0.25) is 0 Å². The highest BCUT2D eigenvalue weighted by molar-refractivity contribution is 5.03. The lowest BCUT2D eigenvalue weighted by Gasteiger charge is -2.27. The van der Waals surface area contributed by atoms with Crippen molar-refractivity contribution in [3.63, 3.8) is 0 Å². The molecule has 1 fully saturated rings. The van der Waals surface area contributed by atoms with Crippen molar-refractivity contribution >= 4 is 0 Å². The summed E-state index contributed by atoms with van der Waals surface area (Å²) in [5.41, 5.74) is 4.21. The molecule has 1 aromatic heterocycles. The second-order valence-electron chi connectivity index (χ2n) is 6.46. The molecule has 0 saturated heterocycles. The van der Waals surface area contributed by atoms with Gasteiger partial charge in [-0.15, -0.1) is 0 Å². The number of nitrogens with two attached hydrogens (primary N) is 1. The maximum atomic E-state index is 5.82. The monoisotopic (exact) mass is 278 g/mol. The largest absolute Gasteiger partial charge is 0.271 e. The van der Waals surface area contributed by atoms with Gasteiger partial charge in [0.25, 0.3) is 0 Å². The number of hydrogen-bond donors (Lipinski definition) is 2. The predicted molar refractivity (Wildman–Crippen MR) is 83.2 cm³/mol. The smallest absolute Gasteiger partial charge is 0.0640 e. The number of rotatable bonds is 5. The fourth-order valence-corrected chi connectivity index (χ4v) is 3.25. The molecule has 1 heterocycles. The van der Waals surface area contributed by atoms with Crippen molar-refractivity contribution in [2.24, 2.45) is 11.8 Å². The number of hydrazine groups is 1. The molecular weight excluding hydrogens is 248 g/mol. The number of nitrogens with zero attached hydrogens (tertiary/aromatic N) is 2. The Hall–Kier alpha value is -0.870. The lowest BCUT2D eigenvalue weighted by atomic mass is 9.84. The summed E-state index contributed by atoms with van der Waals surface area (Å²) in [5.74, 6) is 6.52. The summed E-state index contributed by atoms with van der Waals surface area (Å²) in [6.07, 6.45) is 12.5. The highest BCUT2D eigenvalue weighted by Crippen LogP contribution is 2.26. The lowest BCUT2D eigenvalue weighted by molar-refractivity contribution is 0.283. The van der Waals surface area contributed by atoms with Crippen molar-refractivity contribution in [3.05, 3.63) is 18.0 Å². The third-order valence-electron chi connectivity index (χ3n) is 4.55. The maximum absolute atomic E-state index is 5.82. The molecule has 1 aliphatic carbocycles. The Bertz CT molecular complexity index is 378. The van der Waals surface area contributed by atoms with Crippen molar-refractivity contribution < 1.29 is 0 Å². The van der Waals surface area contributed by atoms with Crippen LogP contribution < -0.4 is 11.3 Å². The van der Waals surface area contributed by atoms with Gasteiger partial charge in [-0.3, -0.25) is 16.0 Å². The molecule has 114 valence electrons. The zero-order chi connectivity index (χ0) is 14.4. The van der Waals surface area contributed by atoms with Crippen LogP contribution >= 0.6 is 0 Å². The van der Waals surface area contributed by atoms with Crippen molar-refractivity contribution in [2.75, 3.05) is 0 Å². The van der Waals surface area contributed by atoms with E-state index in [0.29, 0.717) is 18.0 Å². The molecule has 1 unspecified atom stereocenters. The molecular formula is C16H30N4. The van der Waals surface area contributed by atoms with Gasteiger partial charge in [-0.1, -0.05) is 32.1 Å². The molecule has 0 aliphatic heterocycles. The molecule has 2 rings (SSSR count). The standard InChI is InChI=1S/C16H30N4/c1-13(2)20-11-10-15(19-20)12-16(18-17)14-8-6-4-3-5-7-9-14/h10-11,13-14,16,18H,3-9,12,17H2,1-2H3. The van der Waals surface area contributed by atoms with Gasteiger partial charge >= 0.3 is 0 Å². The van der Waals surface area contributed by atoms with E-state index in [0.717, 1.165) is 12.1 Å². The molecule has 0 spiro atoms. The van der Waals surface area contributed by atoms with E-state index < -0.39 is 0 Å². The third kappa shape index (κ3) is 4.32. The molecule has 0 radical (unpaired) electrons. The molecule has 4 nitrogen and oxygen atoms in total. The van der Waals surface area contributed by atoms with Crippen LogP contribution in [0, 0.1) is 5.92 Å². The normalized spacial score (nSPS) is 19.8. The van der Waals surface area contributed by atoms with E-state index in [2.05, 4.69) is 36.6 Å². The molecule has 1 saturated carbocycles. The van der Waals surface area contributed by atoms with E-state index in [9.17, 15) is 0 Å². The van der Waals surface area contributed by atoms with Gasteiger partial charge < -0.3 is 0 Å². The highest BCUT2D eigenvalue weighted by atomic mass is 15.3. The molecule has 1 atom stereocenters. The van der Waals surface area contributed by atoms with Crippen LogP contribution in [0.25, 0.3) is 0 Å². The van der Waals surface area contributed by atoms with E-state index in [1.807, 2.05) is 4.68 Å². The molecule has 3 N–H and O–H groups in total. The SMILES string of the molecule is CC(C)n1ccc(CC(NN)C2CCCCCCC2)n1. The van der Waals surface area contributed by atoms with Crippen LogP contribution in [-0.2, 0) is 6.42 Å². The Morgan fingerprint density at radius 1 is 1.25 bits per heavy atom. The molecule has 20 heavy (non-hydrogen) atoms. The minimum Gasteiger partial charge on any atom is -0.271 e. The van der Waals surface area contributed by atoms with Gasteiger partial charge in [0.05, 0.1) is 5.69 Å². The first-order valence-corrected chi connectivity index (χ1v) is 8.21. The second-order valence-corrected chi connectivity index (χ2v) is 6.46. The number of hydrogen-bond acceptors (Lipinski definition) is 3. The lowest BCUT2D eigenvalue weighted by Crippen LogP contribution is -2.42. The Morgan fingerprint density at radius 2 is 1.90 bits per heavy atom. The zero-order valence-corrected chi connectivity index (χ0v) is 13.0. The van der Waals surface area contributed by atoms with E-state index in [1.165, 1.54) is 44.9 Å². The third-order valence-corrected chi connectivity index (χ3v) is 4.55. The van der Waals surface area contributed by atoms with Crippen molar-refractivity contribution in [1.29, 1.82) is 0 Å². The topological polar surface area (TPSA) is 55.9 Å².